The zero-order valence-corrected chi connectivity index (χ0v) is 9.74. The summed E-state index contributed by atoms with van der Waals surface area (Å²) in [6.07, 6.45) is 6.70. The summed E-state index contributed by atoms with van der Waals surface area (Å²) < 4.78 is 2.44. The van der Waals surface area contributed by atoms with Gasteiger partial charge in [-0.1, -0.05) is 13.8 Å². The van der Waals surface area contributed by atoms with Crippen molar-refractivity contribution in [2.45, 2.75) is 45.6 Å². The third kappa shape index (κ3) is 2.40. The van der Waals surface area contributed by atoms with E-state index in [2.05, 4.69) is 23.4 Å². The van der Waals surface area contributed by atoms with E-state index in [1.807, 2.05) is 6.20 Å². The summed E-state index contributed by atoms with van der Waals surface area (Å²) in [4.78, 5) is 4.54. The largest absolute Gasteiger partial charge is 0.330 e. The molecule has 1 aliphatic carbocycles. The molecule has 1 heterocycles. The monoisotopic (exact) mass is 207 g/mol. The molecule has 2 N–H and O–H groups in total. The van der Waals surface area contributed by atoms with Crippen LogP contribution in [0.15, 0.2) is 6.20 Å². The van der Waals surface area contributed by atoms with Gasteiger partial charge in [0.05, 0.1) is 0 Å². The third-order valence-electron chi connectivity index (χ3n) is 2.85. The summed E-state index contributed by atoms with van der Waals surface area (Å²) in [7, 11) is 0. The van der Waals surface area contributed by atoms with Crippen molar-refractivity contribution in [3.05, 3.63) is 17.7 Å². The van der Waals surface area contributed by atoms with E-state index in [-0.39, 0.29) is 0 Å². The van der Waals surface area contributed by atoms with E-state index >= 15 is 0 Å². The minimum Gasteiger partial charge on any atom is -0.330 e. The fourth-order valence-corrected chi connectivity index (χ4v) is 2.07. The van der Waals surface area contributed by atoms with Crippen molar-refractivity contribution in [3.8, 4) is 0 Å². The molecular formula is C12H21N3. The van der Waals surface area contributed by atoms with Crippen LogP contribution in [0, 0.1) is 5.92 Å². The molecule has 2 rings (SSSR count). The van der Waals surface area contributed by atoms with E-state index in [0.717, 1.165) is 25.4 Å². The summed E-state index contributed by atoms with van der Waals surface area (Å²) in [5.41, 5.74) is 6.95. The normalized spacial score (nSPS) is 16.3. The van der Waals surface area contributed by atoms with Crippen LogP contribution in [0.4, 0.5) is 0 Å². The lowest BCUT2D eigenvalue weighted by molar-refractivity contribution is 0.568. The summed E-state index contributed by atoms with van der Waals surface area (Å²) in [6, 6.07) is 0.725. The zero-order chi connectivity index (χ0) is 10.8. The molecule has 1 fully saturated rings. The molecule has 0 aromatic carbocycles. The Morgan fingerprint density at radius 3 is 2.80 bits per heavy atom. The molecule has 0 unspecified atom stereocenters. The van der Waals surface area contributed by atoms with Crippen molar-refractivity contribution < 1.29 is 0 Å². The van der Waals surface area contributed by atoms with Crippen LogP contribution in [-0.4, -0.2) is 16.1 Å². The molecule has 84 valence electrons. The molecule has 0 aliphatic heterocycles. The topological polar surface area (TPSA) is 43.8 Å². The van der Waals surface area contributed by atoms with E-state index in [4.69, 9.17) is 5.73 Å². The van der Waals surface area contributed by atoms with Gasteiger partial charge >= 0.3 is 0 Å². The van der Waals surface area contributed by atoms with Crippen LogP contribution < -0.4 is 5.73 Å². The predicted molar refractivity (Wildman–Crippen MR) is 61.8 cm³/mol. The molecule has 15 heavy (non-hydrogen) atoms. The highest BCUT2D eigenvalue weighted by Crippen LogP contribution is 2.37. The maximum Gasteiger partial charge on any atom is 0.109 e. The maximum absolute atomic E-state index is 5.62. The van der Waals surface area contributed by atoms with Crippen molar-refractivity contribution in [2.24, 2.45) is 11.7 Å². The Morgan fingerprint density at radius 2 is 2.27 bits per heavy atom. The lowest BCUT2D eigenvalue weighted by atomic mass is 10.1. The molecule has 1 aromatic rings. The first-order valence-corrected chi connectivity index (χ1v) is 5.97. The average Bonchev–Trinajstić information content (AvgIpc) is 2.92. The maximum atomic E-state index is 5.62. The minimum absolute atomic E-state index is 0.677. The second-order valence-corrected chi connectivity index (χ2v) is 4.90. The average molecular weight is 207 g/mol. The van der Waals surface area contributed by atoms with Crippen LogP contribution in [0.1, 0.15) is 44.2 Å². The molecule has 0 amide bonds. The number of nitrogens with two attached hydrogens (primary N) is 1. The van der Waals surface area contributed by atoms with Crippen molar-refractivity contribution in [2.75, 3.05) is 6.54 Å². The molecule has 3 nitrogen and oxygen atoms in total. The first-order valence-electron chi connectivity index (χ1n) is 5.97. The predicted octanol–water partition coefficient (Wildman–Crippen LogP) is 1.92. The van der Waals surface area contributed by atoms with Crippen molar-refractivity contribution in [3.63, 3.8) is 0 Å². The molecule has 3 heteroatoms. The number of nitrogens with zero attached hydrogens (tertiary/aromatic N) is 2. The standard InChI is InChI=1S/C12H21N3/c1-9(2)7-12-14-8-11(5-6-13)15(12)10-3-4-10/h8-10H,3-7,13H2,1-2H3. The summed E-state index contributed by atoms with van der Waals surface area (Å²) >= 11 is 0. The van der Waals surface area contributed by atoms with Crippen molar-refractivity contribution >= 4 is 0 Å². The van der Waals surface area contributed by atoms with Crippen LogP contribution in [0.25, 0.3) is 0 Å². The van der Waals surface area contributed by atoms with Gasteiger partial charge in [-0.2, -0.15) is 0 Å². The summed E-state index contributed by atoms with van der Waals surface area (Å²) in [5, 5.41) is 0. The Kier molecular flexibility index (Phi) is 3.10. The Bertz CT molecular complexity index is 324. The van der Waals surface area contributed by atoms with Crippen LogP contribution in [-0.2, 0) is 12.8 Å². The van der Waals surface area contributed by atoms with Gasteiger partial charge in [0, 0.05) is 30.8 Å². The Hall–Kier alpha value is -0.830. The molecule has 0 spiro atoms. The number of aromatic nitrogens is 2. The van der Waals surface area contributed by atoms with Gasteiger partial charge in [0.15, 0.2) is 0 Å². The smallest absolute Gasteiger partial charge is 0.109 e. The van der Waals surface area contributed by atoms with E-state index in [1.165, 1.54) is 24.4 Å². The molecule has 1 aliphatic rings. The molecule has 1 aromatic heterocycles. The number of imidazole rings is 1. The van der Waals surface area contributed by atoms with Crippen LogP contribution in [0.5, 0.6) is 0 Å². The van der Waals surface area contributed by atoms with Crippen molar-refractivity contribution in [1.82, 2.24) is 9.55 Å². The fourth-order valence-electron chi connectivity index (χ4n) is 2.07. The van der Waals surface area contributed by atoms with Crippen LogP contribution in [0.3, 0.4) is 0 Å². The van der Waals surface area contributed by atoms with Gasteiger partial charge in [-0.05, 0) is 25.3 Å². The van der Waals surface area contributed by atoms with Gasteiger partial charge in [-0.25, -0.2) is 4.98 Å². The highest BCUT2D eigenvalue weighted by Gasteiger charge is 2.28. The minimum atomic E-state index is 0.677. The summed E-state index contributed by atoms with van der Waals surface area (Å²) in [5.74, 6) is 1.94. The van der Waals surface area contributed by atoms with E-state index < -0.39 is 0 Å². The van der Waals surface area contributed by atoms with Crippen molar-refractivity contribution in [1.29, 1.82) is 0 Å². The van der Waals surface area contributed by atoms with E-state index in [0.29, 0.717) is 5.92 Å². The van der Waals surface area contributed by atoms with Gasteiger partial charge in [-0.15, -0.1) is 0 Å². The molecule has 0 bridgehead atoms. The Labute approximate surface area is 91.7 Å². The lowest BCUT2D eigenvalue weighted by Gasteiger charge is -2.11. The van der Waals surface area contributed by atoms with Gasteiger partial charge in [0.2, 0.25) is 0 Å². The molecule has 0 radical (unpaired) electrons. The molecule has 0 atom stereocenters. The third-order valence-corrected chi connectivity index (χ3v) is 2.85. The first-order chi connectivity index (χ1) is 7.22. The first kappa shape index (κ1) is 10.7. The molecule has 1 saturated carbocycles. The summed E-state index contributed by atoms with van der Waals surface area (Å²) in [6.45, 7) is 5.21. The SMILES string of the molecule is CC(C)Cc1ncc(CCN)n1C1CC1. The number of rotatable bonds is 5. The second kappa shape index (κ2) is 4.35. The number of hydrogen-bond donors (Lipinski definition) is 1. The highest BCUT2D eigenvalue weighted by atomic mass is 15.1. The Morgan fingerprint density at radius 1 is 1.53 bits per heavy atom. The molecule has 0 saturated heterocycles. The lowest BCUT2D eigenvalue weighted by Crippen LogP contribution is -2.11. The highest BCUT2D eigenvalue weighted by molar-refractivity contribution is 5.11. The fraction of sp³-hybridized carbons (Fsp3) is 0.750. The zero-order valence-electron chi connectivity index (χ0n) is 9.74. The van der Waals surface area contributed by atoms with Gasteiger partial charge in [-0.3, -0.25) is 0 Å². The second-order valence-electron chi connectivity index (χ2n) is 4.90. The Balaban J connectivity index is 2.21. The van der Waals surface area contributed by atoms with Gasteiger partial charge in [0.25, 0.3) is 0 Å². The van der Waals surface area contributed by atoms with Crippen LogP contribution in [0.2, 0.25) is 0 Å². The quantitative estimate of drug-likeness (QED) is 0.801. The number of hydrogen-bond acceptors (Lipinski definition) is 2. The van der Waals surface area contributed by atoms with Crippen LogP contribution >= 0.6 is 0 Å². The van der Waals surface area contributed by atoms with E-state index in [9.17, 15) is 0 Å². The van der Waals surface area contributed by atoms with Gasteiger partial charge in [0.1, 0.15) is 5.82 Å². The molecular weight excluding hydrogens is 186 g/mol. The van der Waals surface area contributed by atoms with Gasteiger partial charge < -0.3 is 10.3 Å². The van der Waals surface area contributed by atoms with E-state index in [1.54, 1.807) is 0 Å².